The smallest absolute Gasteiger partial charge is 0.354 e. The molecule has 0 saturated heterocycles. The number of halogens is 3. The van der Waals surface area contributed by atoms with Crippen molar-refractivity contribution in [3.63, 3.8) is 0 Å². The van der Waals surface area contributed by atoms with Crippen molar-refractivity contribution < 1.29 is 13.2 Å². The molecule has 2 aromatic rings. The van der Waals surface area contributed by atoms with E-state index in [-0.39, 0.29) is 5.95 Å². The highest BCUT2D eigenvalue weighted by molar-refractivity contribution is 5.54. The summed E-state index contributed by atoms with van der Waals surface area (Å²) in [7, 11) is 0. The lowest BCUT2D eigenvalue weighted by molar-refractivity contribution is -0.137. The van der Waals surface area contributed by atoms with Crippen molar-refractivity contribution in [2.75, 3.05) is 17.2 Å². The number of anilines is 3. The lowest BCUT2D eigenvalue weighted by atomic mass is 10.2. The second kappa shape index (κ2) is 5.72. The minimum atomic E-state index is -4.34. The number of nitrogens with zero attached hydrogens (tertiary/aromatic N) is 3. The summed E-state index contributed by atoms with van der Waals surface area (Å²) < 4.78 is 37.3. The van der Waals surface area contributed by atoms with E-state index in [0.29, 0.717) is 18.2 Å². The fourth-order valence-corrected chi connectivity index (χ4v) is 1.47. The Morgan fingerprint density at radius 3 is 2.30 bits per heavy atom. The molecular weight excluding hydrogens is 271 g/mol. The molecule has 0 saturated carbocycles. The van der Waals surface area contributed by atoms with Gasteiger partial charge in [-0.15, -0.1) is 0 Å². The molecule has 0 atom stereocenters. The average molecular weight is 283 g/mol. The number of hydrogen-bond donors (Lipinski definition) is 2. The van der Waals surface area contributed by atoms with Crippen molar-refractivity contribution >= 4 is 17.6 Å². The third-order valence-corrected chi connectivity index (χ3v) is 2.38. The van der Waals surface area contributed by atoms with Crippen molar-refractivity contribution in [2.45, 2.75) is 13.1 Å². The number of rotatable bonds is 4. The van der Waals surface area contributed by atoms with Crippen LogP contribution >= 0.6 is 0 Å². The van der Waals surface area contributed by atoms with Gasteiger partial charge in [-0.3, -0.25) is 0 Å². The van der Waals surface area contributed by atoms with E-state index in [4.69, 9.17) is 0 Å². The number of aromatic nitrogens is 3. The van der Waals surface area contributed by atoms with Crippen LogP contribution in [0.3, 0.4) is 0 Å². The molecule has 20 heavy (non-hydrogen) atoms. The van der Waals surface area contributed by atoms with Gasteiger partial charge in [-0.25, -0.2) is 9.97 Å². The van der Waals surface area contributed by atoms with Crippen LogP contribution in [0.4, 0.5) is 30.8 Å². The van der Waals surface area contributed by atoms with E-state index < -0.39 is 11.7 Å². The third-order valence-electron chi connectivity index (χ3n) is 2.38. The number of alkyl halides is 3. The molecule has 106 valence electrons. The quantitative estimate of drug-likeness (QED) is 0.903. The zero-order valence-corrected chi connectivity index (χ0v) is 10.6. The summed E-state index contributed by atoms with van der Waals surface area (Å²) in [6, 6.07) is 4.63. The Kier molecular flexibility index (Phi) is 4.02. The maximum absolute atomic E-state index is 12.4. The van der Waals surface area contributed by atoms with E-state index in [9.17, 15) is 13.2 Å². The summed E-state index contributed by atoms with van der Waals surface area (Å²) in [6.07, 6.45) is -3.03. The predicted octanol–water partition coefficient (Wildman–Crippen LogP) is 3.07. The summed E-state index contributed by atoms with van der Waals surface area (Å²) in [6.45, 7) is 2.55. The van der Waals surface area contributed by atoms with Crippen LogP contribution in [0, 0.1) is 0 Å². The van der Waals surface area contributed by atoms with Crippen molar-refractivity contribution in [3.8, 4) is 0 Å². The summed E-state index contributed by atoms with van der Waals surface area (Å²) in [4.78, 5) is 11.8. The predicted molar refractivity (Wildman–Crippen MR) is 68.7 cm³/mol. The Balaban J connectivity index is 2.12. The zero-order chi connectivity index (χ0) is 14.6. The first-order chi connectivity index (χ1) is 9.49. The molecular formula is C12H12F3N5. The van der Waals surface area contributed by atoms with E-state index in [1.807, 2.05) is 6.92 Å². The SMILES string of the molecule is CCNc1ncnc(Nc2ccc(C(F)(F)F)cc2)n1. The second-order valence-corrected chi connectivity index (χ2v) is 3.86. The van der Waals surface area contributed by atoms with Gasteiger partial charge >= 0.3 is 6.18 Å². The van der Waals surface area contributed by atoms with Gasteiger partial charge in [0.25, 0.3) is 0 Å². The van der Waals surface area contributed by atoms with Crippen LogP contribution in [0.15, 0.2) is 30.6 Å². The Morgan fingerprint density at radius 1 is 1.05 bits per heavy atom. The third kappa shape index (κ3) is 3.56. The summed E-state index contributed by atoms with van der Waals surface area (Å²) in [5.74, 6) is 0.660. The van der Waals surface area contributed by atoms with Crippen LogP contribution in [0.1, 0.15) is 12.5 Å². The summed E-state index contributed by atoms with van der Waals surface area (Å²) in [5, 5.41) is 5.72. The molecule has 0 aliphatic carbocycles. The molecule has 2 rings (SSSR count). The molecule has 0 aliphatic heterocycles. The summed E-state index contributed by atoms with van der Waals surface area (Å²) >= 11 is 0. The van der Waals surface area contributed by atoms with Crippen LogP contribution in [-0.4, -0.2) is 21.5 Å². The van der Waals surface area contributed by atoms with Crippen LogP contribution in [0.25, 0.3) is 0 Å². The van der Waals surface area contributed by atoms with Gasteiger partial charge in [0.05, 0.1) is 5.56 Å². The Hall–Kier alpha value is -2.38. The molecule has 0 fully saturated rings. The molecule has 0 amide bonds. The molecule has 1 aromatic heterocycles. The molecule has 0 aliphatic rings. The Labute approximate surface area is 113 Å². The average Bonchev–Trinajstić information content (AvgIpc) is 2.39. The fourth-order valence-electron chi connectivity index (χ4n) is 1.47. The van der Waals surface area contributed by atoms with Crippen LogP contribution < -0.4 is 10.6 Å². The van der Waals surface area contributed by atoms with Crippen LogP contribution in [-0.2, 0) is 6.18 Å². The zero-order valence-electron chi connectivity index (χ0n) is 10.6. The fraction of sp³-hybridized carbons (Fsp3) is 0.250. The lowest BCUT2D eigenvalue weighted by Gasteiger charge is -2.09. The van der Waals surface area contributed by atoms with Gasteiger partial charge in [0.15, 0.2) is 0 Å². The van der Waals surface area contributed by atoms with E-state index in [1.165, 1.54) is 18.5 Å². The highest BCUT2D eigenvalue weighted by Crippen LogP contribution is 2.30. The maximum atomic E-state index is 12.4. The molecule has 5 nitrogen and oxygen atoms in total. The normalized spacial score (nSPS) is 11.2. The Morgan fingerprint density at radius 2 is 1.70 bits per heavy atom. The molecule has 1 aromatic carbocycles. The molecule has 0 spiro atoms. The molecule has 8 heteroatoms. The van der Waals surface area contributed by atoms with Crippen molar-refractivity contribution in [1.82, 2.24) is 15.0 Å². The van der Waals surface area contributed by atoms with Gasteiger partial charge in [-0.1, -0.05) is 0 Å². The monoisotopic (exact) mass is 283 g/mol. The maximum Gasteiger partial charge on any atom is 0.416 e. The van der Waals surface area contributed by atoms with Gasteiger partial charge in [0.2, 0.25) is 11.9 Å². The number of benzene rings is 1. The largest absolute Gasteiger partial charge is 0.416 e. The van der Waals surface area contributed by atoms with Gasteiger partial charge in [0.1, 0.15) is 6.33 Å². The highest BCUT2D eigenvalue weighted by atomic mass is 19.4. The van der Waals surface area contributed by atoms with Gasteiger partial charge in [0, 0.05) is 12.2 Å². The van der Waals surface area contributed by atoms with E-state index >= 15 is 0 Å². The van der Waals surface area contributed by atoms with Crippen LogP contribution in [0.5, 0.6) is 0 Å². The van der Waals surface area contributed by atoms with Crippen molar-refractivity contribution in [1.29, 1.82) is 0 Å². The first-order valence-corrected chi connectivity index (χ1v) is 5.86. The summed E-state index contributed by atoms with van der Waals surface area (Å²) in [5.41, 5.74) is -0.237. The molecule has 0 unspecified atom stereocenters. The molecule has 0 bridgehead atoms. The lowest BCUT2D eigenvalue weighted by Crippen LogP contribution is -2.06. The van der Waals surface area contributed by atoms with Gasteiger partial charge < -0.3 is 10.6 Å². The molecule has 1 heterocycles. The molecule has 2 N–H and O–H groups in total. The van der Waals surface area contributed by atoms with Crippen molar-refractivity contribution in [3.05, 3.63) is 36.2 Å². The molecule has 0 radical (unpaired) electrons. The van der Waals surface area contributed by atoms with Crippen LogP contribution in [0.2, 0.25) is 0 Å². The van der Waals surface area contributed by atoms with Gasteiger partial charge in [-0.2, -0.15) is 18.2 Å². The van der Waals surface area contributed by atoms with E-state index in [2.05, 4.69) is 25.6 Å². The first kappa shape index (κ1) is 14.0. The minimum Gasteiger partial charge on any atom is -0.354 e. The second-order valence-electron chi connectivity index (χ2n) is 3.86. The minimum absolute atomic E-state index is 0.260. The van der Waals surface area contributed by atoms with Crippen molar-refractivity contribution in [2.24, 2.45) is 0 Å². The van der Waals surface area contributed by atoms with Gasteiger partial charge in [-0.05, 0) is 31.2 Å². The number of hydrogen-bond acceptors (Lipinski definition) is 5. The standard InChI is InChI=1S/C12H12F3N5/c1-2-16-10-17-7-18-11(20-10)19-9-5-3-8(4-6-9)12(13,14)15/h3-7H,2H2,1H3,(H2,16,17,18,19,20). The topological polar surface area (TPSA) is 62.7 Å². The highest BCUT2D eigenvalue weighted by Gasteiger charge is 2.29. The number of nitrogens with one attached hydrogen (secondary N) is 2. The first-order valence-electron chi connectivity index (χ1n) is 5.86. The van der Waals surface area contributed by atoms with E-state index in [0.717, 1.165) is 12.1 Å². The van der Waals surface area contributed by atoms with E-state index in [1.54, 1.807) is 0 Å². The Bertz CT molecular complexity index is 568.